The Morgan fingerprint density at radius 2 is 1.95 bits per heavy atom. The van der Waals surface area contributed by atoms with Crippen molar-refractivity contribution in [1.82, 2.24) is 0 Å². The minimum absolute atomic E-state index is 0.170. The molecule has 0 aliphatic carbocycles. The van der Waals surface area contributed by atoms with E-state index in [9.17, 15) is 9.59 Å². The molecule has 0 radical (unpaired) electrons. The van der Waals surface area contributed by atoms with Crippen molar-refractivity contribution in [3.05, 3.63) is 51.7 Å². The number of benzene rings is 1. The van der Waals surface area contributed by atoms with Gasteiger partial charge in [-0.15, -0.1) is 11.3 Å². The van der Waals surface area contributed by atoms with Crippen LogP contribution in [0.15, 0.2) is 36.4 Å². The van der Waals surface area contributed by atoms with E-state index in [-0.39, 0.29) is 6.61 Å². The van der Waals surface area contributed by atoms with Gasteiger partial charge in [-0.25, -0.2) is 9.59 Å². The average molecular weight is 305 g/mol. The second-order valence-electron chi connectivity index (χ2n) is 4.28. The van der Waals surface area contributed by atoms with E-state index in [4.69, 9.17) is 4.74 Å². The first-order chi connectivity index (χ1) is 10.1. The lowest BCUT2D eigenvalue weighted by atomic mass is 10.2. The SMILES string of the molecule is COC(=O)c1sc(C)cc1NC(=O)OCc1ccccc1. The summed E-state index contributed by atoms with van der Waals surface area (Å²) in [6.45, 7) is 2.01. The monoisotopic (exact) mass is 305 g/mol. The molecule has 2 rings (SSSR count). The third-order valence-corrected chi connectivity index (χ3v) is 3.71. The van der Waals surface area contributed by atoms with Crippen LogP contribution in [0.4, 0.5) is 10.5 Å². The highest BCUT2D eigenvalue weighted by Gasteiger charge is 2.17. The molecule has 1 heterocycles. The molecule has 110 valence electrons. The highest BCUT2D eigenvalue weighted by atomic mass is 32.1. The van der Waals surface area contributed by atoms with Gasteiger partial charge in [0.25, 0.3) is 0 Å². The smallest absolute Gasteiger partial charge is 0.412 e. The first-order valence-electron chi connectivity index (χ1n) is 6.26. The molecular formula is C15H15NO4S. The Morgan fingerprint density at radius 1 is 1.24 bits per heavy atom. The summed E-state index contributed by atoms with van der Waals surface area (Å²) in [7, 11) is 1.30. The van der Waals surface area contributed by atoms with Gasteiger partial charge in [-0.1, -0.05) is 30.3 Å². The molecule has 0 unspecified atom stereocenters. The molecule has 2 aromatic rings. The molecule has 0 saturated carbocycles. The van der Waals surface area contributed by atoms with Gasteiger partial charge in [-0.3, -0.25) is 5.32 Å². The van der Waals surface area contributed by atoms with Crippen LogP contribution < -0.4 is 5.32 Å². The van der Waals surface area contributed by atoms with Crippen molar-refractivity contribution >= 4 is 29.1 Å². The molecule has 5 nitrogen and oxygen atoms in total. The highest BCUT2D eigenvalue weighted by molar-refractivity contribution is 7.14. The molecule has 0 fully saturated rings. The van der Waals surface area contributed by atoms with Crippen molar-refractivity contribution in [2.45, 2.75) is 13.5 Å². The number of amides is 1. The number of rotatable bonds is 4. The number of anilines is 1. The zero-order valence-electron chi connectivity index (χ0n) is 11.7. The molecule has 0 saturated heterocycles. The molecule has 0 spiro atoms. The van der Waals surface area contributed by atoms with Gasteiger partial charge in [0.1, 0.15) is 11.5 Å². The van der Waals surface area contributed by atoms with Crippen molar-refractivity contribution < 1.29 is 19.1 Å². The van der Waals surface area contributed by atoms with Crippen LogP contribution >= 0.6 is 11.3 Å². The quantitative estimate of drug-likeness (QED) is 0.877. The van der Waals surface area contributed by atoms with Gasteiger partial charge in [0.15, 0.2) is 0 Å². The fraction of sp³-hybridized carbons (Fsp3) is 0.200. The molecule has 0 atom stereocenters. The second kappa shape index (κ2) is 6.90. The maximum atomic E-state index is 11.8. The lowest BCUT2D eigenvalue weighted by Crippen LogP contribution is -2.15. The third kappa shape index (κ3) is 4.06. The predicted molar refractivity (Wildman–Crippen MR) is 80.6 cm³/mol. The summed E-state index contributed by atoms with van der Waals surface area (Å²) in [4.78, 5) is 24.6. The fourth-order valence-corrected chi connectivity index (χ4v) is 2.61. The van der Waals surface area contributed by atoms with Crippen LogP contribution in [0.25, 0.3) is 0 Å². The number of thiophene rings is 1. The number of aryl methyl sites for hydroxylation is 1. The molecule has 0 bridgehead atoms. The minimum atomic E-state index is -0.609. The number of nitrogens with one attached hydrogen (secondary N) is 1. The van der Waals surface area contributed by atoms with E-state index in [0.717, 1.165) is 10.4 Å². The second-order valence-corrected chi connectivity index (χ2v) is 5.53. The minimum Gasteiger partial charge on any atom is -0.465 e. The van der Waals surface area contributed by atoms with Crippen LogP contribution in [0.5, 0.6) is 0 Å². The van der Waals surface area contributed by atoms with Crippen LogP contribution in [0.1, 0.15) is 20.1 Å². The molecule has 6 heteroatoms. The molecule has 1 N–H and O–H groups in total. The summed E-state index contributed by atoms with van der Waals surface area (Å²) in [6, 6.07) is 11.1. The number of methoxy groups -OCH3 is 1. The molecule has 21 heavy (non-hydrogen) atoms. The zero-order chi connectivity index (χ0) is 15.2. The summed E-state index contributed by atoms with van der Waals surface area (Å²) >= 11 is 1.26. The number of hydrogen-bond acceptors (Lipinski definition) is 5. The number of ether oxygens (including phenoxy) is 2. The first kappa shape index (κ1) is 15.1. The topological polar surface area (TPSA) is 64.6 Å². The molecule has 1 aromatic carbocycles. The van der Waals surface area contributed by atoms with Gasteiger partial charge >= 0.3 is 12.1 Å². The summed E-state index contributed by atoms with van der Waals surface area (Å²) in [5, 5.41) is 2.57. The van der Waals surface area contributed by atoms with Crippen LogP contribution in [0.2, 0.25) is 0 Å². The highest BCUT2D eigenvalue weighted by Crippen LogP contribution is 2.27. The molecular weight excluding hydrogens is 290 g/mol. The van der Waals surface area contributed by atoms with Crippen LogP contribution in [0.3, 0.4) is 0 Å². The van der Waals surface area contributed by atoms with E-state index in [0.29, 0.717) is 10.6 Å². The Balaban J connectivity index is 1.98. The Hall–Kier alpha value is -2.34. The van der Waals surface area contributed by atoms with Crippen molar-refractivity contribution in [3.63, 3.8) is 0 Å². The van der Waals surface area contributed by atoms with E-state index < -0.39 is 12.1 Å². The van der Waals surface area contributed by atoms with E-state index in [1.54, 1.807) is 6.07 Å². The number of carbonyl (C=O) groups excluding carboxylic acids is 2. The Morgan fingerprint density at radius 3 is 2.62 bits per heavy atom. The van der Waals surface area contributed by atoms with Crippen LogP contribution in [-0.4, -0.2) is 19.2 Å². The van der Waals surface area contributed by atoms with E-state index >= 15 is 0 Å². The van der Waals surface area contributed by atoms with Crippen LogP contribution in [0, 0.1) is 6.92 Å². The van der Waals surface area contributed by atoms with Crippen molar-refractivity contribution in [2.75, 3.05) is 12.4 Å². The van der Waals surface area contributed by atoms with Crippen molar-refractivity contribution in [2.24, 2.45) is 0 Å². The van der Waals surface area contributed by atoms with Crippen molar-refractivity contribution in [1.29, 1.82) is 0 Å². The van der Waals surface area contributed by atoms with E-state index in [1.165, 1.54) is 18.4 Å². The fourth-order valence-electron chi connectivity index (χ4n) is 1.72. The first-order valence-corrected chi connectivity index (χ1v) is 7.08. The predicted octanol–water partition coefficient (Wildman–Crippen LogP) is 3.59. The standard InChI is InChI=1S/C15H15NO4S/c1-10-8-12(13(21-10)14(17)19-2)16-15(18)20-9-11-6-4-3-5-7-11/h3-8H,9H2,1-2H3,(H,16,18). The normalized spacial score (nSPS) is 10.0. The van der Waals surface area contributed by atoms with Gasteiger partial charge in [0.2, 0.25) is 0 Å². The lowest BCUT2D eigenvalue weighted by Gasteiger charge is -2.07. The average Bonchev–Trinajstić information content (AvgIpc) is 2.86. The van der Waals surface area contributed by atoms with Gasteiger partial charge in [0.05, 0.1) is 12.8 Å². The Kier molecular flexibility index (Phi) is 4.94. The number of hydrogen-bond donors (Lipinski definition) is 1. The number of esters is 1. The molecule has 0 aliphatic rings. The maximum absolute atomic E-state index is 11.8. The summed E-state index contributed by atoms with van der Waals surface area (Å²) < 4.78 is 9.79. The van der Waals surface area contributed by atoms with Crippen molar-refractivity contribution in [3.8, 4) is 0 Å². The third-order valence-electron chi connectivity index (χ3n) is 2.68. The van der Waals surface area contributed by atoms with Gasteiger partial charge < -0.3 is 9.47 Å². The Bertz CT molecular complexity index is 636. The van der Waals surface area contributed by atoms with Gasteiger partial charge in [-0.05, 0) is 18.6 Å². The lowest BCUT2D eigenvalue weighted by molar-refractivity contribution is 0.0607. The van der Waals surface area contributed by atoms with Gasteiger partial charge in [0, 0.05) is 4.88 Å². The Labute approximate surface area is 126 Å². The van der Waals surface area contributed by atoms with E-state index in [1.807, 2.05) is 37.3 Å². The van der Waals surface area contributed by atoms with Gasteiger partial charge in [-0.2, -0.15) is 0 Å². The zero-order valence-corrected chi connectivity index (χ0v) is 12.5. The molecule has 1 amide bonds. The number of carbonyl (C=O) groups is 2. The summed E-state index contributed by atoms with van der Waals surface area (Å²) in [5.74, 6) is -0.480. The molecule has 1 aromatic heterocycles. The summed E-state index contributed by atoms with van der Waals surface area (Å²) in [5.41, 5.74) is 1.30. The molecule has 0 aliphatic heterocycles. The van der Waals surface area contributed by atoms with E-state index in [2.05, 4.69) is 10.1 Å². The summed E-state index contributed by atoms with van der Waals surface area (Å²) in [6.07, 6.45) is -0.609. The maximum Gasteiger partial charge on any atom is 0.412 e. The van der Waals surface area contributed by atoms with Crippen LogP contribution in [-0.2, 0) is 16.1 Å². The largest absolute Gasteiger partial charge is 0.465 e.